The fourth-order valence-corrected chi connectivity index (χ4v) is 4.34. The minimum absolute atomic E-state index is 0.238. The highest BCUT2D eigenvalue weighted by Crippen LogP contribution is 2.37. The van der Waals surface area contributed by atoms with Gasteiger partial charge < -0.3 is 4.90 Å². The summed E-state index contributed by atoms with van der Waals surface area (Å²) in [6.45, 7) is 4.46. The zero-order valence-corrected chi connectivity index (χ0v) is 14.2. The molecule has 0 amide bonds. The molecule has 2 aliphatic rings. The van der Waals surface area contributed by atoms with E-state index in [1.807, 2.05) is 12.1 Å². The molecule has 0 radical (unpaired) electrons. The van der Waals surface area contributed by atoms with Crippen molar-refractivity contribution in [2.45, 2.75) is 64.5 Å². The van der Waals surface area contributed by atoms with Crippen LogP contribution in [0.5, 0.6) is 0 Å². The highest BCUT2D eigenvalue weighted by atomic mass is 16.1. The Morgan fingerprint density at radius 3 is 2.27 bits per heavy atom. The molecule has 120 valence electrons. The lowest BCUT2D eigenvalue weighted by atomic mass is 9.76. The number of carbonyl (C=O) groups is 1. The molecule has 22 heavy (non-hydrogen) atoms. The maximum atomic E-state index is 12.9. The van der Waals surface area contributed by atoms with Crippen molar-refractivity contribution in [3.63, 3.8) is 0 Å². The van der Waals surface area contributed by atoms with E-state index in [-0.39, 0.29) is 5.92 Å². The molecule has 0 spiro atoms. The lowest BCUT2D eigenvalue weighted by Crippen LogP contribution is -2.51. The maximum absolute atomic E-state index is 12.9. The molecule has 1 aromatic rings. The Labute approximate surface area is 134 Å². The van der Waals surface area contributed by atoms with Crippen LogP contribution in [0.2, 0.25) is 0 Å². The Morgan fingerprint density at radius 1 is 1.14 bits per heavy atom. The van der Waals surface area contributed by atoms with Crippen LogP contribution >= 0.6 is 0 Å². The van der Waals surface area contributed by atoms with Gasteiger partial charge in [0.2, 0.25) is 0 Å². The van der Waals surface area contributed by atoms with E-state index in [1.165, 1.54) is 24.8 Å². The van der Waals surface area contributed by atoms with E-state index in [0.717, 1.165) is 24.8 Å². The molecular weight excluding hydrogens is 270 g/mol. The smallest absolute Gasteiger partial charge is 0.166 e. The summed E-state index contributed by atoms with van der Waals surface area (Å²) in [4.78, 5) is 15.4. The Balaban J connectivity index is 1.69. The summed E-state index contributed by atoms with van der Waals surface area (Å²) < 4.78 is 0. The first-order valence-corrected chi connectivity index (χ1v) is 8.89. The number of carbonyl (C=O) groups excluding carboxylic acids is 1. The zero-order chi connectivity index (χ0) is 15.7. The molecule has 2 heteroatoms. The zero-order valence-electron chi connectivity index (χ0n) is 14.2. The van der Waals surface area contributed by atoms with Gasteiger partial charge in [-0.3, -0.25) is 4.79 Å². The largest absolute Gasteiger partial charge is 0.300 e. The number of benzene rings is 1. The third kappa shape index (κ3) is 3.27. The van der Waals surface area contributed by atoms with Gasteiger partial charge in [0.25, 0.3) is 0 Å². The van der Waals surface area contributed by atoms with E-state index in [4.69, 9.17) is 0 Å². The molecule has 0 N–H and O–H groups in total. The Hall–Kier alpha value is -1.15. The van der Waals surface area contributed by atoms with E-state index in [0.29, 0.717) is 23.8 Å². The number of nitrogens with zero attached hydrogens (tertiary/aromatic N) is 1. The van der Waals surface area contributed by atoms with Crippen molar-refractivity contribution in [1.29, 1.82) is 0 Å². The molecule has 0 aromatic heterocycles. The molecule has 2 fully saturated rings. The number of hydrogen-bond donors (Lipinski definition) is 0. The normalized spacial score (nSPS) is 28.8. The highest BCUT2D eigenvalue weighted by Gasteiger charge is 2.38. The molecule has 2 bridgehead atoms. The number of Topliss-reactive ketones (excluding diaryl/α,β-unsaturated/α-hetero) is 1. The predicted octanol–water partition coefficient (Wildman–Crippen LogP) is 4.33. The topological polar surface area (TPSA) is 20.3 Å². The minimum Gasteiger partial charge on any atom is -0.300 e. The van der Waals surface area contributed by atoms with Crippen LogP contribution in [0.25, 0.3) is 0 Å². The third-order valence-electron chi connectivity index (χ3n) is 5.59. The number of rotatable bonds is 4. The van der Waals surface area contributed by atoms with Gasteiger partial charge in [-0.15, -0.1) is 0 Å². The summed E-state index contributed by atoms with van der Waals surface area (Å²) in [5.74, 6) is 1.28. The van der Waals surface area contributed by atoms with Crippen molar-refractivity contribution >= 4 is 5.78 Å². The lowest BCUT2D eigenvalue weighted by molar-refractivity contribution is 0.0338. The van der Waals surface area contributed by atoms with Crippen LogP contribution in [0.1, 0.15) is 61.9 Å². The fraction of sp³-hybridized carbons (Fsp3) is 0.650. The summed E-state index contributed by atoms with van der Waals surface area (Å²) in [5, 5.41) is 0. The van der Waals surface area contributed by atoms with Crippen molar-refractivity contribution in [2.75, 3.05) is 7.05 Å². The SMILES string of the molecule is CC(C)Cc1ccc(C(=O)C2CC3CCCC(C2)N3C)cc1. The molecule has 2 unspecified atom stereocenters. The molecule has 2 aliphatic heterocycles. The second kappa shape index (κ2) is 6.54. The monoisotopic (exact) mass is 299 g/mol. The molecule has 2 saturated heterocycles. The summed E-state index contributed by atoms with van der Waals surface area (Å²) in [5.41, 5.74) is 2.26. The molecule has 0 aliphatic carbocycles. The first-order chi connectivity index (χ1) is 10.5. The summed E-state index contributed by atoms with van der Waals surface area (Å²) in [6.07, 6.45) is 7.07. The van der Waals surface area contributed by atoms with Gasteiger partial charge in [-0.1, -0.05) is 44.5 Å². The summed E-state index contributed by atoms with van der Waals surface area (Å²) in [6, 6.07) is 9.64. The minimum atomic E-state index is 0.238. The number of ketones is 1. The van der Waals surface area contributed by atoms with Crippen LogP contribution in [0.4, 0.5) is 0 Å². The second-order valence-electron chi connectivity index (χ2n) is 7.73. The van der Waals surface area contributed by atoms with Crippen molar-refractivity contribution in [2.24, 2.45) is 11.8 Å². The van der Waals surface area contributed by atoms with Crippen LogP contribution in [-0.4, -0.2) is 29.8 Å². The van der Waals surface area contributed by atoms with E-state index in [2.05, 4.69) is 37.9 Å². The summed E-state index contributed by atoms with van der Waals surface area (Å²) >= 11 is 0. The van der Waals surface area contributed by atoms with E-state index >= 15 is 0 Å². The molecule has 1 aromatic carbocycles. The standard InChI is InChI=1S/C20H29NO/c1-14(2)11-15-7-9-16(10-8-15)20(22)17-12-18-5-4-6-19(13-17)21(18)3/h7-10,14,17-19H,4-6,11-13H2,1-3H3. The number of fused-ring (bicyclic) bond motifs is 2. The van der Waals surface area contributed by atoms with Crippen LogP contribution in [0.15, 0.2) is 24.3 Å². The van der Waals surface area contributed by atoms with Gasteiger partial charge in [0.1, 0.15) is 0 Å². The molecule has 2 nitrogen and oxygen atoms in total. The van der Waals surface area contributed by atoms with Crippen molar-refractivity contribution < 1.29 is 4.79 Å². The van der Waals surface area contributed by atoms with Gasteiger partial charge in [0.15, 0.2) is 5.78 Å². The van der Waals surface area contributed by atoms with E-state index < -0.39 is 0 Å². The quantitative estimate of drug-likeness (QED) is 0.771. The molecule has 0 saturated carbocycles. The van der Waals surface area contributed by atoms with Crippen molar-refractivity contribution in [3.05, 3.63) is 35.4 Å². The fourth-order valence-electron chi connectivity index (χ4n) is 4.34. The predicted molar refractivity (Wildman–Crippen MR) is 91.2 cm³/mol. The third-order valence-corrected chi connectivity index (χ3v) is 5.59. The summed E-state index contributed by atoms with van der Waals surface area (Å²) in [7, 11) is 2.25. The Bertz CT molecular complexity index is 505. The number of piperidine rings is 2. The van der Waals surface area contributed by atoms with Gasteiger partial charge in [-0.05, 0) is 50.6 Å². The van der Waals surface area contributed by atoms with Crippen molar-refractivity contribution in [1.82, 2.24) is 4.90 Å². The maximum Gasteiger partial charge on any atom is 0.166 e. The van der Waals surface area contributed by atoms with Gasteiger partial charge in [-0.2, -0.15) is 0 Å². The Morgan fingerprint density at radius 2 is 1.73 bits per heavy atom. The lowest BCUT2D eigenvalue weighted by Gasteiger charge is -2.46. The Kier molecular flexibility index (Phi) is 4.67. The highest BCUT2D eigenvalue weighted by molar-refractivity contribution is 5.98. The average Bonchev–Trinajstić information content (AvgIpc) is 2.46. The van der Waals surface area contributed by atoms with Crippen LogP contribution in [0, 0.1) is 11.8 Å². The van der Waals surface area contributed by atoms with Crippen LogP contribution in [-0.2, 0) is 6.42 Å². The van der Waals surface area contributed by atoms with Crippen molar-refractivity contribution in [3.8, 4) is 0 Å². The van der Waals surface area contributed by atoms with Crippen LogP contribution < -0.4 is 0 Å². The van der Waals surface area contributed by atoms with Gasteiger partial charge in [-0.25, -0.2) is 0 Å². The number of hydrogen-bond acceptors (Lipinski definition) is 2. The van der Waals surface area contributed by atoms with E-state index in [9.17, 15) is 4.79 Å². The van der Waals surface area contributed by atoms with Gasteiger partial charge >= 0.3 is 0 Å². The van der Waals surface area contributed by atoms with Gasteiger partial charge in [0.05, 0.1) is 0 Å². The van der Waals surface area contributed by atoms with Gasteiger partial charge in [0, 0.05) is 23.6 Å². The molecule has 2 heterocycles. The molecular formula is C20H29NO. The average molecular weight is 299 g/mol. The van der Waals surface area contributed by atoms with Crippen LogP contribution in [0.3, 0.4) is 0 Å². The molecule has 3 rings (SSSR count). The van der Waals surface area contributed by atoms with E-state index in [1.54, 1.807) is 0 Å². The first-order valence-electron chi connectivity index (χ1n) is 8.89. The molecule has 2 atom stereocenters. The second-order valence-corrected chi connectivity index (χ2v) is 7.73. The first kappa shape index (κ1) is 15.7.